The Bertz CT molecular complexity index is 829. The van der Waals surface area contributed by atoms with Crippen LogP contribution >= 0.6 is 0 Å². The Morgan fingerprint density at radius 3 is 2.70 bits per heavy atom. The molecule has 4 rings (SSSR count). The average Bonchev–Trinajstić information content (AvgIpc) is 3.12. The van der Waals surface area contributed by atoms with Gasteiger partial charge in [0.05, 0.1) is 12.1 Å². The Balaban J connectivity index is 1.94. The molecule has 1 fully saturated rings. The van der Waals surface area contributed by atoms with E-state index in [1.807, 2.05) is 6.20 Å². The van der Waals surface area contributed by atoms with E-state index in [-0.39, 0.29) is 0 Å². The molecule has 1 aliphatic heterocycles. The topological polar surface area (TPSA) is 25.2 Å². The highest BCUT2D eigenvalue weighted by Gasteiger charge is 2.27. The standard InChI is InChI=1S/C21H24N2/c1-13-6-4-7-17(13)19-10-16(21-14(2)12-23-15(21)3)11-20-18(19)8-5-9-22-20/h5,8-11,13,17H,4,6-7,12H2,1-3H3. The first-order valence-corrected chi connectivity index (χ1v) is 8.75. The Hall–Kier alpha value is -1.96. The van der Waals surface area contributed by atoms with Gasteiger partial charge in [0.25, 0.3) is 0 Å². The molecule has 1 aliphatic carbocycles. The summed E-state index contributed by atoms with van der Waals surface area (Å²) in [4.78, 5) is 9.28. The van der Waals surface area contributed by atoms with Crippen LogP contribution in [0.2, 0.25) is 0 Å². The van der Waals surface area contributed by atoms with E-state index in [0.717, 1.165) is 18.0 Å². The summed E-state index contributed by atoms with van der Waals surface area (Å²) < 4.78 is 0. The first kappa shape index (κ1) is 14.6. The van der Waals surface area contributed by atoms with E-state index in [1.54, 1.807) is 0 Å². The number of nitrogens with zero attached hydrogens (tertiary/aromatic N) is 2. The number of pyridine rings is 1. The Labute approximate surface area is 138 Å². The number of allylic oxidation sites excluding steroid dienone is 1. The maximum absolute atomic E-state index is 4.66. The van der Waals surface area contributed by atoms with Crippen molar-refractivity contribution < 1.29 is 0 Å². The van der Waals surface area contributed by atoms with Crippen LogP contribution < -0.4 is 0 Å². The normalized spacial score (nSPS) is 24.6. The Morgan fingerprint density at radius 2 is 2.00 bits per heavy atom. The minimum Gasteiger partial charge on any atom is -0.285 e. The van der Waals surface area contributed by atoms with Crippen molar-refractivity contribution in [2.75, 3.05) is 6.54 Å². The lowest BCUT2D eigenvalue weighted by Gasteiger charge is -2.20. The van der Waals surface area contributed by atoms with Gasteiger partial charge in [-0.15, -0.1) is 0 Å². The molecule has 118 valence electrons. The number of aromatic nitrogens is 1. The fourth-order valence-corrected chi connectivity index (χ4v) is 4.43. The van der Waals surface area contributed by atoms with E-state index in [0.29, 0.717) is 5.92 Å². The minimum absolute atomic E-state index is 0.668. The van der Waals surface area contributed by atoms with Crippen LogP contribution in [0, 0.1) is 5.92 Å². The Morgan fingerprint density at radius 1 is 1.13 bits per heavy atom. The van der Waals surface area contributed by atoms with Gasteiger partial charge in [0.2, 0.25) is 0 Å². The van der Waals surface area contributed by atoms with Crippen molar-refractivity contribution in [3.63, 3.8) is 0 Å². The van der Waals surface area contributed by atoms with Crippen molar-refractivity contribution in [1.29, 1.82) is 0 Å². The monoisotopic (exact) mass is 304 g/mol. The summed E-state index contributed by atoms with van der Waals surface area (Å²) in [7, 11) is 0. The summed E-state index contributed by atoms with van der Waals surface area (Å²) in [6.45, 7) is 7.58. The molecule has 1 aromatic carbocycles. The van der Waals surface area contributed by atoms with Crippen molar-refractivity contribution in [1.82, 2.24) is 4.98 Å². The number of hydrogen-bond donors (Lipinski definition) is 0. The van der Waals surface area contributed by atoms with Crippen molar-refractivity contribution in [2.45, 2.75) is 46.0 Å². The zero-order chi connectivity index (χ0) is 16.0. The predicted octanol–water partition coefficient (Wildman–Crippen LogP) is 5.39. The smallest absolute Gasteiger partial charge is 0.0711 e. The van der Waals surface area contributed by atoms with Crippen LogP contribution in [0.15, 0.2) is 41.0 Å². The van der Waals surface area contributed by atoms with E-state index in [1.165, 1.54) is 52.6 Å². The molecule has 2 nitrogen and oxygen atoms in total. The quantitative estimate of drug-likeness (QED) is 0.730. The lowest BCUT2D eigenvalue weighted by atomic mass is 9.85. The summed E-state index contributed by atoms with van der Waals surface area (Å²) in [5.41, 5.74) is 7.81. The molecule has 0 radical (unpaired) electrons. The summed E-state index contributed by atoms with van der Waals surface area (Å²) in [6, 6.07) is 8.99. The molecule has 2 heteroatoms. The second kappa shape index (κ2) is 5.59. The van der Waals surface area contributed by atoms with Crippen molar-refractivity contribution in [3.05, 3.63) is 47.2 Å². The second-order valence-electron chi connectivity index (χ2n) is 7.21. The van der Waals surface area contributed by atoms with E-state index in [9.17, 15) is 0 Å². The molecule has 2 atom stereocenters. The van der Waals surface area contributed by atoms with Crippen molar-refractivity contribution >= 4 is 22.2 Å². The van der Waals surface area contributed by atoms with Gasteiger partial charge in [0, 0.05) is 22.9 Å². The van der Waals surface area contributed by atoms with Gasteiger partial charge < -0.3 is 0 Å². The number of hydrogen-bond acceptors (Lipinski definition) is 2. The molecule has 0 spiro atoms. The highest BCUT2D eigenvalue weighted by Crippen LogP contribution is 2.43. The number of aliphatic imine (C=N–C) groups is 1. The maximum Gasteiger partial charge on any atom is 0.0711 e. The summed E-state index contributed by atoms with van der Waals surface area (Å²) in [6.07, 6.45) is 5.91. The molecule has 2 unspecified atom stereocenters. The predicted molar refractivity (Wildman–Crippen MR) is 98.1 cm³/mol. The van der Waals surface area contributed by atoms with E-state index in [2.05, 4.69) is 55.0 Å². The molecule has 0 amide bonds. The number of rotatable bonds is 2. The Kier molecular flexibility index (Phi) is 3.56. The van der Waals surface area contributed by atoms with Crippen LogP contribution in [0.3, 0.4) is 0 Å². The van der Waals surface area contributed by atoms with Gasteiger partial charge >= 0.3 is 0 Å². The average molecular weight is 304 g/mol. The van der Waals surface area contributed by atoms with Crippen LogP contribution in [0.25, 0.3) is 16.5 Å². The van der Waals surface area contributed by atoms with Gasteiger partial charge in [0.1, 0.15) is 0 Å². The maximum atomic E-state index is 4.66. The van der Waals surface area contributed by atoms with Crippen LogP contribution in [0.4, 0.5) is 0 Å². The first-order valence-electron chi connectivity index (χ1n) is 8.75. The molecule has 1 saturated carbocycles. The zero-order valence-electron chi connectivity index (χ0n) is 14.3. The van der Waals surface area contributed by atoms with Gasteiger partial charge in [0.15, 0.2) is 0 Å². The summed E-state index contributed by atoms with van der Waals surface area (Å²) >= 11 is 0. The molecular formula is C21H24N2. The van der Waals surface area contributed by atoms with Gasteiger partial charge in [-0.25, -0.2) is 0 Å². The highest BCUT2D eigenvalue weighted by molar-refractivity contribution is 6.25. The third kappa shape index (κ3) is 2.41. The zero-order valence-corrected chi connectivity index (χ0v) is 14.3. The van der Waals surface area contributed by atoms with Crippen LogP contribution in [-0.2, 0) is 0 Å². The van der Waals surface area contributed by atoms with Crippen molar-refractivity contribution in [2.24, 2.45) is 10.9 Å². The molecule has 1 aromatic heterocycles. The first-order chi connectivity index (χ1) is 11.1. The third-order valence-corrected chi connectivity index (χ3v) is 5.64. The molecule has 2 aromatic rings. The third-order valence-electron chi connectivity index (χ3n) is 5.64. The fraction of sp³-hybridized carbons (Fsp3) is 0.429. The fourth-order valence-electron chi connectivity index (χ4n) is 4.43. The lowest BCUT2D eigenvalue weighted by Crippen LogP contribution is -2.05. The van der Waals surface area contributed by atoms with Gasteiger partial charge in [-0.1, -0.05) is 31.9 Å². The van der Waals surface area contributed by atoms with Gasteiger partial charge in [-0.2, -0.15) is 0 Å². The van der Waals surface area contributed by atoms with Crippen LogP contribution in [-0.4, -0.2) is 17.2 Å². The molecule has 0 N–H and O–H groups in total. The van der Waals surface area contributed by atoms with Crippen LogP contribution in [0.5, 0.6) is 0 Å². The van der Waals surface area contributed by atoms with E-state index in [4.69, 9.17) is 0 Å². The largest absolute Gasteiger partial charge is 0.285 e. The molecule has 23 heavy (non-hydrogen) atoms. The number of benzene rings is 1. The molecular weight excluding hydrogens is 280 g/mol. The molecule has 2 aliphatic rings. The minimum atomic E-state index is 0.668. The van der Waals surface area contributed by atoms with Crippen LogP contribution in [0.1, 0.15) is 57.1 Å². The lowest BCUT2D eigenvalue weighted by molar-refractivity contribution is 0.536. The van der Waals surface area contributed by atoms with E-state index < -0.39 is 0 Å². The highest BCUT2D eigenvalue weighted by atomic mass is 14.8. The molecule has 0 saturated heterocycles. The number of fused-ring (bicyclic) bond motifs is 1. The molecule has 0 bridgehead atoms. The summed E-state index contributed by atoms with van der Waals surface area (Å²) in [5.74, 6) is 1.43. The second-order valence-corrected chi connectivity index (χ2v) is 7.21. The van der Waals surface area contributed by atoms with Gasteiger partial charge in [-0.3, -0.25) is 9.98 Å². The van der Waals surface area contributed by atoms with Crippen molar-refractivity contribution in [3.8, 4) is 0 Å². The van der Waals surface area contributed by atoms with Gasteiger partial charge in [-0.05, 0) is 60.9 Å². The molecule has 2 heterocycles. The van der Waals surface area contributed by atoms with E-state index >= 15 is 0 Å². The SMILES string of the molecule is CC1=NCC(C)=C1c1cc(C2CCCC2C)c2cccnc2c1. The summed E-state index contributed by atoms with van der Waals surface area (Å²) in [5, 5.41) is 1.33.